The van der Waals surface area contributed by atoms with E-state index in [1.54, 1.807) is 0 Å². The largest absolute Gasteiger partial charge is 0.299 e. The van der Waals surface area contributed by atoms with Gasteiger partial charge in [0.25, 0.3) is 0 Å². The predicted molar refractivity (Wildman–Crippen MR) is 44.2 cm³/mol. The number of ketones is 1. The van der Waals surface area contributed by atoms with Crippen molar-refractivity contribution in [3.05, 3.63) is 0 Å². The molecular formula is C10H16O. The van der Waals surface area contributed by atoms with Crippen LogP contribution in [0, 0.1) is 17.8 Å². The van der Waals surface area contributed by atoms with Crippen molar-refractivity contribution in [3.8, 4) is 0 Å². The number of hydrogen-bond donors (Lipinski definition) is 0. The van der Waals surface area contributed by atoms with E-state index in [1.807, 2.05) is 0 Å². The van der Waals surface area contributed by atoms with Gasteiger partial charge in [-0.15, -0.1) is 0 Å². The Kier molecular flexibility index (Phi) is 1.74. The Morgan fingerprint density at radius 2 is 2.09 bits per heavy atom. The maximum atomic E-state index is 11.4. The number of hydrogen-bond acceptors (Lipinski definition) is 1. The van der Waals surface area contributed by atoms with Crippen molar-refractivity contribution in [1.82, 2.24) is 0 Å². The van der Waals surface area contributed by atoms with Crippen molar-refractivity contribution >= 4 is 5.78 Å². The van der Waals surface area contributed by atoms with Crippen LogP contribution in [0.3, 0.4) is 0 Å². The summed E-state index contributed by atoms with van der Waals surface area (Å²) in [4.78, 5) is 11.4. The average Bonchev–Trinajstić information content (AvgIpc) is 2.57. The van der Waals surface area contributed by atoms with E-state index in [0.29, 0.717) is 17.6 Å². The van der Waals surface area contributed by atoms with Gasteiger partial charge in [0.2, 0.25) is 0 Å². The Hall–Kier alpha value is -0.330. The first-order valence-electron chi connectivity index (χ1n) is 4.80. The Morgan fingerprint density at radius 1 is 1.45 bits per heavy atom. The van der Waals surface area contributed by atoms with E-state index in [1.165, 1.54) is 25.7 Å². The van der Waals surface area contributed by atoms with Crippen LogP contribution in [0.2, 0.25) is 0 Å². The maximum Gasteiger partial charge on any atom is 0.136 e. The van der Waals surface area contributed by atoms with Crippen molar-refractivity contribution in [2.45, 2.75) is 39.0 Å². The van der Waals surface area contributed by atoms with Gasteiger partial charge >= 0.3 is 0 Å². The molecule has 1 nitrogen and oxygen atoms in total. The van der Waals surface area contributed by atoms with Gasteiger partial charge in [0.05, 0.1) is 0 Å². The van der Waals surface area contributed by atoms with Gasteiger partial charge in [-0.05, 0) is 18.3 Å². The highest BCUT2D eigenvalue weighted by Gasteiger charge is 2.39. The molecule has 0 heterocycles. The van der Waals surface area contributed by atoms with Gasteiger partial charge in [-0.1, -0.05) is 26.2 Å². The van der Waals surface area contributed by atoms with Crippen molar-refractivity contribution in [2.75, 3.05) is 0 Å². The summed E-state index contributed by atoms with van der Waals surface area (Å²) >= 11 is 0. The Balaban J connectivity index is 1.73. The van der Waals surface area contributed by atoms with Crippen LogP contribution in [0.1, 0.15) is 39.0 Å². The molecule has 0 amide bonds. The van der Waals surface area contributed by atoms with Crippen LogP contribution in [0.15, 0.2) is 0 Å². The molecule has 62 valence electrons. The van der Waals surface area contributed by atoms with E-state index in [0.717, 1.165) is 12.3 Å². The average molecular weight is 152 g/mol. The molecule has 0 radical (unpaired) electrons. The normalized spacial score (nSPS) is 36.5. The molecule has 1 heteroatoms. The molecule has 0 N–H and O–H groups in total. The second-order valence-corrected chi connectivity index (χ2v) is 4.29. The van der Waals surface area contributed by atoms with E-state index >= 15 is 0 Å². The highest BCUT2D eigenvalue weighted by molar-refractivity contribution is 5.83. The number of carbonyl (C=O) groups excluding carboxylic acids is 1. The fourth-order valence-electron chi connectivity index (χ4n) is 1.90. The number of rotatable bonds is 3. The molecule has 0 aliphatic heterocycles. The molecule has 2 unspecified atom stereocenters. The zero-order chi connectivity index (χ0) is 7.84. The first-order chi connectivity index (χ1) is 5.27. The van der Waals surface area contributed by atoms with Gasteiger partial charge in [-0.25, -0.2) is 0 Å². The molecule has 0 aromatic heterocycles. The van der Waals surface area contributed by atoms with Gasteiger partial charge in [0.15, 0.2) is 0 Å². The molecule has 2 aliphatic carbocycles. The molecule has 0 spiro atoms. The van der Waals surface area contributed by atoms with Gasteiger partial charge in [0, 0.05) is 12.3 Å². The quantitative estimate of drug-likeness (QED) is 0.607. The van der Waals surface area contributed by atoms with Crippen LogP contribution in [0.25, 0.3) is 0 Å². The zero-order valence-corrected chi connectivity index (χ0v) is 7.18. The third kappa shape index (κ3) is 1.47. The SMILES string of the molecule is CC1CC1C(=O)CC1CCC1. The molecule has 2 atom stereocenters. The lowest BCUT2D eigenvalue weighted by molar-refractivity contribution is -0.122. The van der Waals surface area contributed by atoms with Crippen molar-refractivity contribution in [1.29, 1.82) is 0 Å². The van der Waals surface area contributed by atoms with Crippen LogP contribution < -0.4 is 0 Å². The summed E-state index contributed by atoms with van der Waals surface area (Å²) in [6.07, 6.45) is 6.05. The fourth-order valence-corrected chi connectivity index (χ4v) is 1.90. The minimum absolute atomic E-state index is 0.468. The Morgan fingerprint density at radius 3 is 2.45 bits per heavy atom. The molecule has 2 aliphatic rings. The van der Waals surface area contributed by atoms with Gasteiger partial charge in [-0.3, -0.25) is 4.79 Å². The summed E-state index contributed by atoms with van der Waals surface area (Å²) in [6.45, 7) is 2.18. The van der Waals surface area contributed by atoms with E-state index in [9.17, 15) is 4.79 Å². The fraction of sp³-hybridized carbons (Fsp3) is 0.900. The van der Waals surface area contributed by atoms with E-state index in [4.69, 9.17) is 0 Å². The molecule has 2 rings (SSSR count). The summed E-state index contributed by atoms with van der Waals surface area (Å²) in [6, 6.07) is 0. The molecule has 11 heavy (non-hydrogen) atoms. The lowest BCUT2D eigenvalue weighted by Crippen LogP contribution is -2.17. The Labute approximate surface area is 68.2 Å². The predicted octanol–water partition coefficient (Wildman–Crippen LogP) is 2.40. The lowest BCUT2D eigenvalue weighted by atomic mass is 9.81. The van der Waals surface area contributed by atoms with Crippen LogP contribution >= 0.6 is 0 Å². The summed E-state index contributed by atoms with van der Waals surface area (Å²) in [5, 5.41) is 0. The molecule has 0 aromatic carbocycles. The summed E-state index contributed by atoms with van der Waals surface area (Å²) in [7, 11) is 0. The van der Waals surface area contributed by atoms with Crippen LogP contribution in [0.5, 0.6) is 0 Å². The summed E-state index contributed by atoms with van der Waals surface area (Å²) < 4.78 is 0. The van der Waals surface area contributed by atoms with Crippen molar-refractivity contribution in [2.24, 2.45) is 17.8 Å². The molecule has 2 saturated carbocycles. The molecule has 0 saturated heterocycles. The van der Waals surface area contributed by atoms with Gasteiger partial charge in [-0.2, -0.15) is 0 Å². The smallest absolute Gasteiger partial charge is 0.136 e. The standard InChI is InChI=1S/C10H16O/c1-7-5-9(7)10(11)6-8-3-2-4-8/h7-9H,2-6H2,1H3. The monoisotopic (exact) mass is 152 g/mol. The van der Waals surface area contributed by atoms with E-state index < -0.39 is 0 Å². The third-order valence-corrected chi connectivity index (χ3v) is 3.24. The summed E-state index contributed by atoms with van der Waals surface area (Å²) in [5.41, 5.74) is 0. The van der Waals surface area contributed by atoms with Crippen LogP contribution in [-0.2, 0) is 4.79 Å². The molecular weight excluding hydrogens is 136 g/mol. The van der Waals surface area contributed by atoms with Crippen LogP contribution in [-0.4, -0.2) is 5.78 Å². The second kappa shape index (κ2) is 2.62. The Bertz CT molecular complexity index is 170. The number of carbonyl (C=O) groups is 1. The second-order valence-electron chi connectivity index (χ2n) is 4.29. The number of Topliss-reactive ketones (excluding diaryl/α,β-unsaturated/α-hetero) is 1. The van der Waals surface area contributed by atoms with Gasteiger partial charge < -0.3 is 0 Å². The van der Waals surface area contributed by atoms with E-state index in [-0.39, 0.29) is 0 Å². The topological polar surface area (TPSA) is 17.1 Å². The highest BCUT2D eigenvalue weighted by atomic mass is 16.1. The zero-order valence-electron chi connectivity index (χ0n) is 7.18. The van der Waals surface area contributed by atoms with Gasteiger partial charge in [0.1, 0.15) is 5.78 Å². The van der Waals surface area contributed by atoms with Crippen molar-refractivity contribution < 1.29 is 4.79 Å². The minimum atomic E-state index is 0.468. The molecule has 0 aromatic rings. The molecule has 2 fully saturated rings. The van der Waals surface area contributed by atoms with Crippen LogP contribution in [0.4, 0.5) is 0 Å². The first kappa shape index (κ1) is 7.33. The molecule has 0 bridgehead atoms. The lowest BCUT2D eigenvalue weighted by Gasteiger charge is -2.24. The first-order valence-corrected chi connectivity index (χ1v) is 4.80. The third-order valence-electron chi connectivity index (χ3n) is 3.24. The summed E-state index contributed by atoms with van der Waals surface area (Å²) in [5.74, 6) is 2.51. The highest BCUT2D eigenvalue weighted by Crippen LogP contribution is 2.41. The minimum Gasteiger partial charge on any atom is -0.299 e. The van der Waals surface area contributed by atoms with Crippen molar-refractivity contribution in [3.63, 3.8) is 0 Å². The maximum absolute atomic E-state index is 11.4. The van der Waals surface area contributed by atoms with E-state index in [2.05, 4.69) is 6.92 Å².